The van der Waals surface area contributed by atoms with Crippen LogP contribution in [0, 0.1) is 0 Å². The largest absolute Gasteiger partial charge is 0.497 e. The van der Waals surface area contributed by atoms with Gasteiger partial charge in [0.1, 0.15) is 18.4 Å². The molecule has 1 aliphatic rings. The summed E-state index contributed by atoms with van der Waals surface area (Å²) in [5.41, 5.74) is 2.16. The third-order valence-corrected chi connectivity index (χ3v) is 10.6. The predicted octanol–water partition coefficient (Wildman–Crippen LogP) is 4.63. The second-order valence-corrected chi connectivity index (χ2v) is 13.5. The molecular weight excluding hydrogens is 446 g/mol. The van der Waals surface area contributed by atoms with Crippen LogP contribution in [0.1, 0.15) is 16.7 Å². The standard InChI is InChI=1S/C27H29NO5Si/c1-31-20-15-16-23-22(17-20)25(34(3,4)21-13-9-6-10-14-21)24(26(29)32-2)28(23)27(30)33-18-19-11-7-5-8-12-19/h5-17,24-25H,18H2,1-4H3/t24-,25-/m1/s1. The molecule has 0 radical (unpaired) electrons. The van der Waals surface area contributed by atoms with Gasteiger partial charge in [-0.15, -0.1) is 0 Å². The van der Waals surface area contributed by atoms with Gasteiger partial charge < -0.3 is 14.2 Å². The topological polar surface area (TPSA) is 65.1 Å². The number of hydrogen-bond donors (Lipinski definition) is 0. The minimum absolute atomic E-state index is 0.111. The minimum Gasteiger partial charge on any atom is -0.497 e. The van der Waals surface area contributed by atoms with E-state index in [-0.39, 0.29) is 12.1 Å². The van der Waals surface area contributed by atoms with E-state index in [9.17, 15) is 9.59 Å². The third-order valence-electron chi connectivity index (χ3n) is 6.56. The van der Waals surface area contributed by atoms with Crippen molar-refractivity contribution in [2.45, 2.75) is 31.3 Å². The Morgan fingerprint density at radius 3 is 2.18 bits per heavy atom. The van der Waals surface area contributed by atoms with E-state index in [1.807, 2.05) is 60.7 Å². The van der Waals surface area contributed by atoms with Crippen LogP contribution in [-0.4, -0.2) is 40.4 Å². The average molecular weight is 476 g/mol. The maximum atomic E-state index is 13.5. The monoisotopic (exact) mass is 475 g/mol. The first-order valence-corrected chi connectivity index (χ1v) is 14.3. The van der Waals surface area contributed by atoms with Gasteiger partial charge in [0.05, 0.1) is 28.0 Å². The van der Waals surface area contributed by atoms with Gasteiger partial charge in [-0.3, -0.25) is 4.90 Å². The molecule has 6 nitrogen and oxygen atoms in total. The molecule has 4 rings (SSSR count). The highest BCUT2D eigenvalue weighted by Gasteiger charge is 2.54. The molecule has 3 aromatic rings. The lowest BCUT2D eigenvalue weighted by Gasteiger charge is -2.35. The molecule has 0 N–H and O–H groups in total. The quantitative estimate of drug-likeness (QED) is 0.384. The lowest BCUT2D eigenvalue weighted by Crippen LogP contribution is -2.56. The fourth-order valence-corrected chi connectivity index (χ4v) is 8.28. The van der Waals surface area contributed by atoms with Gasteiger partial charge in [-0.1, -0.05) is 78.9 Å². The Labute approximate surface area is 201 Å². The predicted molar refractivity (Wildman–Crippen MR) is 134 cm³/mol. The summed E-state index contributed by atoms with van der Waals surface area (Å²) >= 11 is 0. The molecule has 34 heavy (non-hydrogen) atoms. The summed E-state index contributed by atoms with van der Waals surface area (Å²) in [5.74, 6) is 0.207. The van der Waals surface area contributed by atoms with Crippen molar-refractivity contribution in [3.63, 3.8) is 0 Å². The van der Waals surface area contributed by atoms with Crippen LogP contribution in [0.2, 0.25) is 13.1 Å². The molecule has 0 saturated carbocycles. The SMILES string of the molecule is COC(=O)[C@H]1[C@H]([Si](C)(C)c2ccccc2)c2cc(OC)ccc2N1C(=O)OCc1ccccc1. The molecule has 0 saturated heterocycles. The van der Waals surface area contributed by atoms with Crippen LogP contribution in [0.15, 0.2) is 78.9 Å². The highest BCUT2D eigenvalue weighted by atomic mass is 28.3. The first kappa shape index (κ1) is 23.6. The Balaban J connectivity index is 1.80. The van der Waals surface area contributed by atoms with E-state index < -0.39 is 26.2 Å². The molecule has 0 fully saturated rings. The van der Waals surface area contributed by atoms with Gasteiger partial charge in [0.15, 0.2) is 0 Å². The number of ether oxygens (including phenoxy) is 3. The molecule has 0 aromatic heterocycles. The smallest absolute Gasteiger partial charge is 0.415 e. The molecule has 3 aromatic carbocycles. The second-order valence-electron chi connectivity index (χ2n) is 8.87. The van der Waals surface area contributed by atoms with Gasteiger partial charge in [0.2, 0.25) is 0 Å². The molecule has 1 aliphatic heterocycles. The average Bonchev–Trinajstić information content (AvgIpc) is 3.23. The van der Waals surface area contributed by atoms with E-state index in [1.54, 1.807) is 13.2 Å². The Morgan fingerprint density at radius 1 is 0.912 bits per heavy atom. The van der Waals surface area contributed by atoms with Gasteiger partial charge in [-0.25, -0.2) is 9.59 Å². The summed E-state index contributed by atoms with van der Waals surface area (Å²) in [6.07, 6.45) is -0.578. The summed E-state index contributed by atoms with van der Waals surface area (Å²) in [5, 5.41) is 1.18. The molecule has 7 heteroatoms. The number of amides is 1. The van der Waals surface area contributed by atoms with Gasteiger partial charge in [0, 0.05) is 5.54 Å². The zero-order valence-electron chi connectivity index (χ0n) is 19.9. The van der Waals surface area contributed by atoms with Gasteiger partial charge in [-0.05, 0) is 29.3 Å². The van der Waals surface area contributed by atoms with Crippen molar-refractivity contribution >= 4 is 31.0 Å². The van der Waals surface area contributed by atoms with Crippen molar-refractivity contribution < 1.29 is 23.8 Å². The minimum atomic E-state index is -2.36. The van der Waals surface area contributed by atoms with E-state index in [0.29, 0.717) is 11.4 Å². The fourth-order valence-electron chi connectivity index (χ4n) is 4.79. The summed E-state index contributed by atoms with van der Waals surface area (Å²) in [7, 11) is 0.605. The van der Waals surface area contributed by atoms with Crippen molar-refractivity contribution in [3.05, 3.63) is 90.0 Å². The van der Waals surface area contributed by atoms with E-state index in [0.717, 1.165) is 11.1 Å². The maximum Gasteiger partial charge on any atom is 0.415 e. The number of rotatable bonds is 6. The number of carbonyl (C=O) groups is 2. The zero-order chi connectivity index (χ0) is 24.3. The van der Waals surface area contributed by atoms with E-state index in [1.165, 1.54) is 17.2 Å². The van der Waals surface area contributed by atoms with E-state index in [2.05, 4.69) is 25.2 Å². The number of methoxy groups -OCH3 is 2. The highest BCUT2D eigenvalue weighted by molar-refractivity contribution is 6.91. The first-order chi connectivity index (χ1) is 16.4. The number of esters is 1. The van der Waals surface area contributed by atoms with E-state index in [4.69, 9.17) is 14.2 Å². The summed E-state index contributed by atoms with van der Waals surface area (Å²) in [4.78, 5) is 28.2. The van der Waals surface area contributed by atoms with Crippen molar-refractivity contribution in [2.75, 3.05) is 19.1 Å². The summed E-state index contributed by atoms with van der Waals surface area (Å²) in [6, 6.07) is 24.4. The molecule has 176 valence electrons. The molecule has 0 spiro atoms. The Bertz CT molecular complexity index is 1170. The number of carbonyl (C=O) groups excluding carboxylic acids is 2. The summed E-state index contributed by atoms with van der Waals surface area (Å²) < 4.78 is 16.4. The normalized spacial score (nSPS) is 17.1. The van der Waals surface area contributed by atoms with Gasteiger partial charge in [0.25, 0.3) is 0 Å². The number of anilines is 1. The van der Waals surface area contributed by atoms with Crippen LogP contribution in [-0.2, 0) is 20.9 Å². The maximum absolute atomic E-state index is 13.5. The third kappa shape index (κ3) is 4.31. The van der Waals surface area contributed by atoms with Crippen LogP contribution in [0.5, 0.6) is 5.75 Å². The molecule has 0 aliphatic carbocycles. The second kappa shape index (κ2) is 9.73. The molecule has 2 atom stereocenters. The Morgan fingerprint density at radius 2 is 1.56 bits per heavy atom. The van der Waals surface area contributed by atoms with E-state index >= 15 is 0 Å². The van der Waals surface area contributed by atoms with Crippen LogP contribution < -0.4 is 14.8 Å². The highest BCUT2D eigenvalue weighted by Crippen LogP contribution is 2.47. The van der Waals surface area contributed by atoms with Crippen molar-refractivity contribution in [3.8, 4) is 5.75 Å². The Kier molecular flexibility index (Phi) is 6.74. The van der Waals surface area contributed by atoms with Gasteiger partial charge in [-0.2, -0.15) is 0 Å². The van der Waals surface area contributed by atoms with Crippen molar-refractivity contribution in [1.82, 2.24) is 0 Å². The molecule has 0 unspecified atom stereocenters. The number of nitrogens with zero attached hydrogens (tertiary/aromatic N) is 1. The lowest BCUT2D eigenvalue weighted by molar-refractivity contribution is -0.142. The molecule has 1 heterocycles. The molecular formula is C27H29NO5Si. The molecule has 1 amide bonds. The van der Waals surface area contributed by atoms with Gasteiger partial charge >= 0.3 is 12.1 Å². The Hall–Kier alpha value is -3.58. The first-order valence-electron chi connectivity index (χ1n) is 11.2. The van der Waals surface area contributed by atoms with Crippen molar-refractivity contribution in [2.24, 2.45) is 0 Å². The fraction of sp³-hybridized carbons (Fsp3) is 0.259. The number of hydrogen-bond acceptors (Lipinski definition) is 5. The van der Waals surface area contributed by atoms with Crippen LogP contribution in [0.4, 0.5) is 10.5 Å². The van der Waals surface area contributed by atoms with Crippen LogP contribution in [0.25, 0.3) is 0 Å². The van der Waals surface area contributed by atoms with Crippen molar-refractivity contribution in [1.29, 1.82) is 0 Å². The summed E-state index contributed by atoms with van der Waals surface area (Å²) in [6.45, 7) is 4.54. The van der Waals surface area contributed by atoms with Crippen LogP contribution in [0.3, 0.4) is 0 Å². The lowest BCUT2D eigenvalue weighted by atomic mass is 10.1. The number of benzene rings is 3. The number of fused-ring (bicyclic) bond motifs is 1. The molecule has 0 bridgehead atoms. The zero-order valence-corrected chi connectivity index (χ0v) is 20.9. The van der Waals surface area contributed by atoms with Crippen LogP contribution >= 0.6 is 0 Å².